The van der Waals surface area contributed by atoms with E-state index in [0.29, 0.717) is 18.8 Å². The number of amides is 2. The maximum Gasteiger partial charge on any atom is 0.253 e. The molecule has 10 heteroatoms. The average Bonchev–Trinajstić information content (AvgIpc) is 2.63. The van der Waals surface area contributed by atoms with Gasteiger partial charge >= 0.3 is 0 Å². The van der Waals surface area contributed by atoms with E-state index in [9.17, 15) is 22.8 Å². The van der Waals surface area contributed by atoms with E-state index in [0.717, 1.165) is 6.07 Å². The number of hydrogen-bond donors (Lipinski definition) is 2. The first-order valence-corrected chi connectivity index (χ1v) is 9.43. The molecule has 0 bridgehead atoms. The molecule has 0 spiro atoms. The van der Waals surface area contributed by atoms with Crippen molar-refractivity contribution >= 4 is 23.2 Å². The Morgan fingerprint density at radius 3 is 2.62 bits per heavy atom. The summed E-state index contributed by atoms with van der Waals surface area (Å²) in [5.41, 5.74) is 5.90. The minimum Gasteiger partial charge on any atom is -0.370 e. The Kier molecular flexibility index (Phi) is 8.42. The number of ether oxygens (including phenoxy) is 1. The standard InChI is InChI=1S/C19H27F3N4O3/c1-12(2)9-25(10-17(21)22)16(8-23)19(28)24-15-4-3-13(7-14(15)20)26-5-6-29-11-18(26)27/h3-4,7,12,16-17H,5-6,8-11,23H2,1-2H3,(H,24,28)/t16-/m1/s1. The summed E-state index contributed by atoms with van der Waals surface area (Å²) in [6.07, 6.45) is -2.63. The van der Waals surface area contributed by atoms with Gasteiger partial charge in [-0.2, -0.15) is 0 Å². The molecule has 2 rings (SSSR count). The Bertz CT molecular complexity index is 708. The smallest absolute Gasteiger partial charge is 0.253 e. The summed E-state index contributed by atoms with van der Waals surface area (Å²) in [5.74, 6) is -1.65. The normalized spacial score (nSPS) is 16.0. The maximum absolute atomic E-state index is 14.5. The number of benzene rings is 1. The molecule has 0 radical (unpaired) electrons. The Labute approximate surface area is 168 Å². The third-order valence-corrected chi connectivity index (χ3v) is 4.45. The molecule has 0 aromatic heterocycles. The molecule has 162 valence electrons. The zero-order valence-corrected chi connectivity index (χ0v) is 16.5. The molecule has 3 N–H and O–H groups in total. The van der Waals surface area contributed by atoms with Gasteiger partial charge in [-0.05, 0) is 24.1 Å². The van der Waals surface area contributed by atoms with E-state index >= 15 is 0 Å². The molecular weight excluding hydrogens is 389 g/mol. The van der Waals surface area contributed by atoms with Gasteiger partial charge in [-0.25, -0.2) is 13.2 Å². The Morgan fingerprint density at radius 2 is 2.07 bits per heavy atom. The van der Waals surface area contributed by atoms with E-state index < -0.39 is 30.7 Å². The van der Waals surface area contributed by atoms with Crippen molar-refractivity contribution in [3.63, 3.8) is 0 Å². The molecule has 1 aliphatic rings. The summed E-state index contributed by atoms with van der Waals surface area (Å²) in [7, 11) is 0. The number of carbonyl (C=O) groups is 2. The zero-order valence-electron chi connectivity index (χ0n) is 16.5. The molecule has 1 aliphatic heterocycles. The van der Waals surface area contributed by atoms with Crippen molar-refractivity contribution in [3.8, 4) is 0 Å². The second kappa shape index (κ2) is 10.6. The van der Waals surface area contributed by atoms with Crippen molar-refractivity contribution in [2.75, 3.05) is 49.6 Å². The molecule has 1 saturated heterocycles. The first kappa shape index (κ1) is 23.1. The first-order chi connectivity index (χ1) is 13.7. The van der Waals surface area contributed by atoms with Crippen molar-refractivity contribution in [2.45, 2.75) is 26.3 Å². The molecule has 1 fully saturated rings. The predicted octanol–water partition coefficient (Wildman–Crippen LogP) is 1.68. The van der Waals surface area contributed by atoms with Crippen LogP contribution in [0.4, 0.5) is 24.5 Å². The van der Waals surface area contributed by atoms with E-state index in [2.05, 4.69) is 5.32 Å². The van der Waals surface area contributed by atoms with Crippen LogP contribution in [-0.2, 0) is 14.3 Å². The fourth-order valence-electron chi connectivity index (χ4n) is 3.18. The van der Waals surface area contributed by atoms with E-state index in [1.54, 1.807) is 0 Å². The summed E-state index contributed by atoms with van der Waals surface area (Å²) in [6, 6.07) is 2.95. The van der Waals surface area contributed by atoms with Crippen LogP contribution in [-0.4, -0.2) is 68.6 Å². The van der Waals surface area contributed by atoms with Gasteiger partial charge in [-0.1, -0.05) is 13.8 Å². The summed E-state index contributed by atoms with van der Waals surface area (Å²) in [6.45, 7) is 3.72. The molecule has 2 amide bonds. The number of carbonyl (C=O) groups excluding carboxylic acids is 2. The second-order valence-corrected chi connectivity index (χ2v) is 7.24. The third kappa shape index (κ3) is 6.41. The van der Waals surface area contributed by atoms with E-state index in [1.165, 1.54) is 21.9 Å². The third-order valence-electron chi connectivity index (χ3n) is 4.45. The molecule has 0 aliphatic carbocycles. The number of hydrogen-bond acceptors (Lipinski definition) is 5. The Balaban J connectivity index is 2.13. The number of morpholine rings is 1. The van der Waals surface area contributed by atoms with Gasteiger partial charge < -0.3 is 20.7 Å². The fourth-order valence-corrected chi connectivity index (χ4v) is 3.18. The number of rotatable bonds is 9. The highest BCUT2D eigenvalue weighted by molar-refractivity contribution is 5.97. The van der Waals surface area contributed by atoms with Crippen LogP contribution in [0.2, 0.25) is 0 Å². The number of nitrogens with two attached hydrogens (primary N) is 1. The van der Waals surface area contributed by atoms with Crippen LogP contribution in [0, 0.1) is 11.7 Å². The lowest BCUT2D eigenvalue weighted by atomic mass is 10.1. The lowest BCUT2D eigenvalue weighted by molar-refractivity contribution is -0.125. The van der Waals surface area contributed by atoms with Gasteiger partial charge in [0.15, 0.2) is 0 Å². The number of alkyl halides is 2. The molecule has 1 aromatic rings. The predicted molar refractivity (Wildman–Crippen MR) is 103 cm³/mol. The average molecular weight is 416 g/mol. The lowest BCUT2D eigenvalue weighted by Crippen LogP contribution is -2.51. The number of anilines is 2. The fraction of sp³-hybridized carbons (Fsp3) is 0.579. The molecule has 1 atom stereocenters. The highest BCUT2D eigenvalue weighted by Gasteiger charge is 2.28. The van der Waals surface area contributed by atoms with Crippen LogP contribution in [0.15, 0.2) is 18.2 Å². The number of nitrogens with one attached hydrogen (secondary N) is 1. The Hall–Kier alpha value is -2.17. The molecule has 0 unspecified atom stereocenters. The summed E-state index contributed by atoms with van der Waals surface area (Å²) in [5, 5.41) is 2.42. The number of nitrogens with zero attached hydrogens (tertiary/aromatic N) is 2. The lowest BCUT2D eigenvalue weighted by Gasteiger charge is -2.31. The van der Waals surface area contributed by atoms with Crippen molar-refractivity contribution in [2.24, 2.45) is 11.7 Å². The van der Waals surface area contributed by atoms with Crippen molar-refractivity contribution in [3.05, 3.63) is 24.0 Å². The quantitative estimate of drug-likeness (QED) is 0.640. The van der Waals surface area contributed by atoms with E-state index in [1.807, 2.05) is 13.8 Å². The van der Waals surface area contributed by atoms with Gasteiger partial charge in [-0.3, -0.25) is 14.5 Å². The molecule has 7 nitrogen and oxygen atoms in total. The monoisotopic (exact) mass is 416 g/mol. The van der Waals surface area contributed by atoms with Crippen LogP contribution in [0.3, 0.4) is 0 Å². The SMILES string of the molecule is CC(C)CN(CC(F)F)[C@H](CN)C(=O)Nc1ccc(N2CCOCC2=O)cc1F. The summed E-state index contributed by atoms with van der Waals surface area (Å²) >= 11 is 0. The van der Waals surface area contributed by atoms with Crippen molar-refractivity contribution < 1.29 is 27.5 Å². The van der Waals surface area contributed by atoms with Crippen LogP contribution >= 0.6 is 0 Å². The topological polar surface area (TPSA) is 87.9 Å². The van der Waals surface area contributed by atoms with Crippen molar-refractivity contribution in [1.82, 2.24) is 4.90 Å². The molecule has 1 heterocycles. The molecule has 1 aromatic carbocycles. The minimum absolute atomic E-state index is 0.0395. The highest BCUT2D eigenvalue weighted by Crippen LogP contribution is 2.24. The molecule has 0 saturated carbocycles. The van der Waals surface area contributed by atoms with Crippen LogP contribution < -0.4 is 16.0 Å². The molecular formula is C19H27F3N4O3. The molecule has 29 heavy (non-hydrogen) atoms. The van der Waals surface area contributed by atoms with Gasteiger partial charge in [0.2, 0.25) is 5.91 Å². The summed E-state index contributed by atoms with van der Waals surface area (Å²) in [4.78, 5) is 27.2. The van der Waals surface area contributed by atoms with Gasteiger partial charge in [0.25, 0.3) is 12.3 Å². The highest BCUT2D eigenvalue weighted by atomic mass is 19.3. The minimum atomic E-state index is -2.63. The van der Waals surface area contributed by atoms with Gasteiger partial charge in [0.05, 0.1) is 18.8 Å². The van der Waals surface area contributed by atoms with Crippen LogP contribution in [0.25, 0.3) is 0 Å². The van der Waals surface area contributed by atoms with Gasteiger partial charge in [-0.15, -0.1) is 0 Å². The first-order valence-electron chi connectivity index (χ1n) is 9.43. The Morgan fingerprint density at radius 1 is 1.34 bits per heavy atom. The van der Waals surface area contributed by atoms with Crippen LogP contribution in [0.1, 0.15) is 13.8 Å². The van der Waals surface area contributed by atoms with Gasteiger partial charge in [0, 0.05) is 25.3 Å². The van der Waals surface area contributed by atoms with Gasteiger partial charge in [0.1, 0.15) is 18.5 Å². The second-order valence-electron chi connectivity index (χ2n) is 7.24. The van der Waals surface area contributed by atoms with E-state index in [4.69, 9.17) is 10.5 Å². The van der Waals surface area contributed by atoms with E-state index in [-0.39, 0.29) is 37.2 Å². The summed E-state index contributed by atoms with van der Waals surface area (Å²) < 4.78 is 45.4. The maximum atomic E-state index is 14.5. The van der Waals surface area contributed by atoms with Crippen molar-refractivity contribution in [1.29, 1.82) is 0 Å². The zero-order chi connectivity index (χ0) is 21.6. The number of halogens is 3. The largest absolute Gasteiger partial charge is 0.370 e. The van der Waals surface area contributed by atoms with Crippen LogP contribution in [0.5, 0.6) is 0 Å².